The summed E-state index contributed by atoms with van der Waals surface area (Å²) in [5, 5.41) is 3.42. The third-order valence-electron chi connectivity index (χ3n) is 6.74. The Morgan fingerprint density at radius 1 is 1.17 bits per heavy atom. The highest BCUT2D eigenvalue weighted by Crippen LogP contribution is 2.38. The van der Waals surface area contributed by atoms with Crippen molar-refractivity contribution in [2.24, 2.45) is 0 Å². The van der Waals surface area contributed by atoms with Crippen molar-refractivity contribution in [3.8, 4) is 5.75 Å². The maximum Gasteiger partial charge on any atom is 0.387 e. The van der Waals surface area contributed by atoms with E-state index >= 15 is 0 Å². The fourth-order valence-corrected chi connectivity index (χ4v) is 4.70. The van der Waals surface area contributed by atoms with E-state index in [0.29, 0.717) is 50.2 Å². The van der Waals surface area contributed by atoms with Crippen molar-refractivity contribution >= 4 is 24.0 Å². The zero-order valence-corrected chi connectivity index (χ0v) is 20.9. The Bertz CT molecular complexity index is 1110. The van der Waals surface area contributed by atoms with E-state index in [2.05, 4.69) is 15.0 Å². The number of carbonyl (C=O) groups is 2. The van der Waals surface area contributed by atoms with E-state index in [9.17, 15) is 18.4 Å². The van der Waals surface area contributed by atoms with Crippen molar-refractivity contribution in [1.29, 1.82) is 0 Å². The molecule has 2 aromatic rings. The van der Waals surface area contributed by atoms with E-state index in [-0.39, 0.29) is 23.7 Å². The molecule has 11 heteroatoms. The van der Waals surface area contributed by atoms with Crippen molar-refractivity contribution in [3.63, 3.8) is 0 Å². The smallest absolute Gasteiger partial charge is 0.387 e. The number of nitrogens with zero attached hydrogens (tertiary/aromatic N) is 5. The highest BCUT2D eigenvalue weighted by Gasteiger charge is 2.37. The quantitative estimate of drug-likeness (QED) is 0.550. The van der Waals surface area contributed by atoms with Gasteiger partial charge in [-0.05, 0) is 38.5 Å². The summed E-state index contributed by atoms with van der Waals surface area (Å²) in [7, 11) is 0. The summed E-state index contributed by atoms with van der Waals surface area (Å²) in [4.78, 5) is 39.4. The molecule has 0 radical (unpaired) electrons. The summed E-state index contributed by atoms with van der Waals surface area (Å²) in [6.07, 6.45) is 0.911. The number of hydrogen-bond acceptors (Lipinski definition) is 8. The molecule has 4 rings (SSSR count). The molecule has 194 valence electrons. The van der Waals surface area contributed by atoms with Gasteiger partial charge in [-0.1, -0.05) is 12.1 Å². The number of piperazine rings is 1. The van der Waals surface area contributed by atoms with E-state index in [0.717, 1.165) is 17.4 Å². The zero-order valence-electron chi connectivity index (χ0n) is 20.9. The zero-order chi connectivity index (χ0) is 26.0. The Morgan fingerprint density at radius 3 is 2.50 bits per heavy atom. The number of rotatable bonds is 8. The molecule has 1 aromatic heterocycles. The van der Waals surface area contributed by atoms with Crippen molar-refractivity contribution in [1.82, 2.24) is 19.8 Å². The number of carbonyl (C=O) groups excluding carboxylic acids is 2. The van der Waals surface area contributed by atoms with Crippen LogP contribution in [0.3, 0.4) is 0 Å². The van der Waals surface area contributed by atoms with Gasteiger partial charge in [0.05, 0.1) is 11.7 Å². The Labute approximate surface area is 209 Å². The van der Waals surface area contributed by atoms with Crippen LogP contribution in [0, 0.1) is 0 Å². The molecule has 1 unspecified atom stereocenters. The molecule has 1 saturated heterocycles. The molecule has 2 aliphatic rings. The molecule has 1 fully saturated rings. The Morgan fingerprint density at radius 2 is 1.89 bits per heavy atom. The third-order valence-corrected chi connectivity index (χ3v) is 6.74. The minimum Gasteiger partial charge on any atom is -0.435 e. The monoisotopic (exact) mass is 502 g/mol. The predicted octanol–water partition coefficient (Wildman–Crippen LogP) is 3.38. The third kappa shape index (κ3) is 5.40. The molecule has 36 heavy (non-hydrogen) atoms. The van der Waals surface area contributed by atoms with E-state index in [4.69, 9.17) is 9.97 Å². The summed E-state index contributed by atoms with van der Waals surface area (Å²) in [5.74, 6) is 1.22. The van der Waals surface area contributed by atoms with Crippen LogP contribution in [-0.4, -0.2) is 70.8 Å². The van der Waals surface area contributed by atoms with Gasteiger partial charge in [0.2, 0.25) is 11.9 Å². The van der Waals surface area contributed by atoms with Crippen LogP contribution in [0.2, 0.25) is 0 Å². The first-order valence-electron chi connectivity index (χ1n) is 12.1. The fourth-order valence-electron chi connectivity index (χ4n) is 4.70. The second-order valence-electron chi connectivity index (χ2n) is 9.39. The van der Waals surface area contributed by atoms with Crippen LogP contribution in [0.25, 0.3) is 0 Å². The highest BCUT2D eigenvalue weighted by atomic mass is 19.3. The summed E-state index contributed by atoms with van der Waals surface area (Å²) in [6.45, 7) is 7.45. The average molecular weight is 503 g/mol. The van der Waals surface area contributed by atoms with Gasteiger partial charge in [0, 0.05) is 51.3 Å². The summed E-state index contributed by atoms with van der Waals surface area (Å²) >= 11 is 0. The number of anilines is 2. The van der Waals surface area contributed by atoms with Crippen molar-refractivity contribution in [2.45, 2.75) is 59.0 Å². The van der Waals surface area contributed by atoms with Crippen LogP contribution >= 0.6 is 0 Å². The van der Waals surface area contributed by atoms with Crippen LogP contribution in [0.4, 0.5) is 20.5 Å². The maximum atomic E-state index is 12.7. The van der Waals surface area contributed by atoms with Crippen molar-refractivity contribution < 1.29 is 23.1 Å². The average Bonchev–Trinajstić information content (AvgIpc) is 3.23. The Kier molecular flexibility index (Phi) is 7.67. The molecule has 9 nitrogen and oxygen atoms in total. The number of halogens is 2. The van der Waals surface area contributed by atoms with Gasteiger partial charge in [-0.25, -0.2) is 4.98 Å². The van der Waals surface area contributed by atoms with Gasteiger partial charge in [0.25, 0.3) is 0 Å². The highest BCUT2D eigenvalue weighted by molar-refractivity contribution is 5.73. The molecular formula is C25H32F2N6O3. The number of hydrogen-bond donors (Lipinski definition) is 1. The normalized spacial score (nSPS) is 18.9. The summed E-state index contributed by atoms with van der Waals surface area (Å²) < 4.78 is 30.0. The van der Waals surface area contributed by atoms with E-state index in [1.54, 1.807) is 24.0 Å². The first-order valence-corrected chi connectivity index (χ1v) is 12.1. The number of alkyl halides is 2. The predicted molar refractivity (Wildman–Crippen MR) is 131 cm³/mol. The number of ether oxygens (including phenoxy) is 1. The van der Waals surface area contributed by atoms with Gasteiger partial charge in [0.1, 0.15) is 23.9 Å². The van der Waals surface area contributed by atoms with Crippen LogP contribution in [0.5, 0.6) is 5.75 Å². The van der Waals surface area contributed by atoms with Gasteiger partial charge in [-0.15, -0.1) is 0 Å². The lowest BCUT2D eigenvalue weighted by Crippen LogP contribution is -2.48. The molecule has 0 spiro atoms. The molecule has 1 N–H and O–H groups in total. The minimum absolute atomic E-state index is 0.0346. The number of amides is 1. The molecule has 0 saturated carbocycles. The van der Waals surface area contributed by atoms with Crippen molar-refractivity contribution in [2.75, 3.05) is 36.4 Å². The Balaban J connectivity index is 1.66. The molecule has 0 aliphatic carbocycles. The lowest BCUT2D eigenvalue weighted by Gasteiger charge is -2.34. The molecule has 0 bridgehead atoms. The number of benzene rings is 1. The molecule has 1 amide bonds. The van der Waals surface area contributed by atoms with Gasteiger partial charge >= 0.3 is 6.61 Å². The molecular weight excluding hydrogens is 470 g/mol. The van der Waals surface area contributed by atoms with E-state index in [1.807, 2.05) is 31.7 Å². The standard InChI is InChI=1S/C25H32F2N6O3/c1-15(2)33-13-20-22(21(33)14-34)29-25(32-10-8-31(9-11-32)17(4)35)30-23(20)28-16(3)18-6-5-7-19(12-18)36-24(26)27/h5-7,12,14-16,21,24H,8-11,13H2,1-4H3,(H,28,29,30)/t16?,21-/m0/s1. The van der Waals surface area contributed by atoms with Gasteiger partial charge in [0.15, 0.2) is 0 Å². The second kappa shape index (κ2) is 10.7. The molecule has 2 aliphatic heterocycles. The van der Waals surface area contributed by atoms with Crippen LogP contribution in [0.1, 0.15) is 56.6 Å². The largest absolute Gasteiger partial charge is 0.435 e. The van der Waals surface area contributed by atoms with Crippen molar-refractivity contribution in [3.05, 3.63) is 41.1 Å². The number of fused-ring (bicyclic) bond motifs is 1. The van der Waals surface area contributed by atoms with Gasteiger partial charge in [-0.3, -0.25) is 9.69 Å². The lowest BCUT2D eigenvalue weighted by molar-refractivity contribution is -0.129. The van der Waals surface area contributed by atoms with E-state index in [1.165, 1.54) is 6.07 Å². The minimum atomic E-state index is -2.90. The van der Waals surface area contributed by atoms with Crippen LogP contribution in [0.15, 0.2) is 24.3 Å². The van der Waals surface area contributed by atoms with E-state index < -0.39 is 12.7 Å². The first-order chi connectivity index (χ1) is 17.2. The second-order valence-corrected chi connectivity index (χ2v) is 9.39. The molecule has 1 aromatic carbocycles. The van der Waals surface area contributed by atoms with Crippen LogP contribution in [-0.2, 0) is 16.1 Å². The molecule has 3 heterocycles. The van der Waals surface area contributed by atoms with Gasteiger partial charge in [-0.2, -0.15) is 13.8 Å². The maximum absolute atomic E-state index is 12.7. The number of aldehydes is 1. The number of aromatic nitrogens is 2. The summed E-state index contributed by atoms with van der Waals surface area (Å²) in [5.41, 5.74) is 2.27. The van der Waals surface area contributed by atoms with Gasteiger partial charge < -0.3 is 24.6 Å². The van der Waals surface area contributed by atoms with Crippen LogP contribution < -0.4 is 15.0 Å². The SMILES string of the molecule is CC(=O)N1CCN(c2nc(NC(C)c3cccc(OC(F)F)c3)c3c(n2)[C@H](C=O)N(C(C)C)C3)CC1. The summed E-state index contributed by atoms with van der Waals surface area (Å²) in [6, 6.07) is 5.90. The number of nitrogens with one attached hydrogen (secondary N) is 1. The first kappa shape index (κ1) is 25.7. The molecule has 2 atom stereocenters. The topological polar surface area (TPSA) is 90.9 Å². The fraction of sp³-hybridized carbons (Fsp3) is 0.520. The lowest BCUT2D eigenvalue weighted by atomic mass is 10.1. The Hall–Kier alpha value is -3.34.